The first-order chi connectivity index (χ1) is 5.35. The molecule has 1 fully saturated rings. The Balaban J connectivity index is 1.94. The van der Waals surface area contributed by atoms with Crippen molar-refractivity contribution < 1.29 is 4.79 Å². The maximum atomic E-state index is 10.6. The van der Waals surface area contributed by atoms with Crippen molar-refractivity contribution >= 4 is 6.29 Å². The molecular weight excluding hydrogens is 136 g/mol. The first-order valence-corrected chi connectivity index (χ1v) is 4.49. The van der Waals surface area contributed by atoms with Gasteiger partial charge < -0.3 is 4.79 Å². The van der Waals surface area contributed by atoms with Crippen molar-refractivity contribution in [3.8, 4) is 0 Å². The molecule has 1 saturated carbocycles. The summed E-state index contributed by atoms with van der Waals surface area (Å²) in [6.45, 7) is 0. The summed E-state index contributed by atoms with van der Waals surface area (Å²) < 4.78 is 0. The molecule has 0 atom stereocenters. The summed E-state index contributed by atoms with van der Waals surface area (Å²) in [6.07, 6.45) is 10.6. The lowest BCUT2D eigenvalue weighted by atomic mass is 9.98. The molecule has 11 heavy (non-hydrogen) atoms. The Bertz CT molecular complexity index is 199. The predicted octanol–water partition coefficient (Wildman–Crippen LogP) is 2.47. The van der Waals surface area contributed by atoms with E-state index < -0.39 is 0 Å². The minimum atomic E-state index is 0.107. The maximum absolute atomic E-state index is 10.6. The molecule has 60 valence electrons. The second kappa shape index (κ2) is 2.47. The molecule has 1 nitrogen and oxygen atoms in total. The number of carbonyl (C=O) groups excluding carboxylic acids is 1. The van der Waals surface area contributed by atoms with Gasteiger partial charge >= 0.3 is 0 Å². The highest BCUT2D eigenvalue weighted by molar-refractivity contribution is 5.64. The first-order valence-electron chi connectivity index (χ1n) is 4.49. The Morgan fingerprint density at radius 1 is 1.55 bits per heavy atom. The molecule has 2 aliphatic rings. The zero-order valence-electron chi connectivity index (χ0n) is 6.81. The lowest BCUT2D eigenvalue weighted by molar-refractivity contribution is -0.112. The van der Waals surface area contributed by atoms with Gasteiger partial charge in [-0.05, 0) is 38.5 Å². The minimum absolute atomic E-state index is 0.107. The molecule has 1 heteroatoms. The molecule has 2 aliphatic carbocycles. The van der Waals surface area contributed by atoms with E-state index in [1.807, 2.05) is 0 Å². The summed E-state index contributed by atoms with van der Waals surface area (Å²) >= 11 is 0. The number of aldehydes is 1. The van der Waals surface area contributed by atoms with Gasteiger partial charge in [0.1, 0.15) is 6.29 Å². The van der Waals surface area contributed by atoms with Gasteiger partial charge in [0.2, 0.25) is 0 Å². The van der Waals surface area contributed by atoms with Gasteiger partial charge in [-0.15, -0.1) is 0 Å². The average molecular weight is 150 g/mol. The fourth-order valence-electron chi connectivity index (χ4n) is 1.85. The Morgan fingerprint density at radius 2 is 2.36 bits per heavy atom. The van der Waals surface area contributed by atoms with Crippen LogP contribution in [0.2, 0.25) is 0 Å². The van der Waals surface area contributed by atoms with E-state index >= 15 is 0 Å². The molecule has 0 aromatic rings. The van der Waals surface area contributed by atoms with Crippen LogP contribution >= 0.6 is 0 Å². The molecule has 0 aromatic heterocycles. The minimum Gasteiger partial charge on any atom is -0.303 e. The number of hydrogen-bond donors (Lipinski definition) is 0. The molecule has 0 radical (unpaired) electrons. The van der Waals surface area contributed by atoms with E-state index in [1.165, 1.54) is 31.1 Å². The highest BCUT2D eigenvalue weighted by atomic mass is 16.1. The van der Waals surface area contributed by atoms with Gasteiger partial charge in [-0.2, -0.15) is 0 Å². The van der Waals surface area contributed by atoms with Gasteiger partial charge in [0.15, 0.2) is 0 Å². The number of allylic oxidation sites excluding steroid dienone is 2. The van der Waals surface area contributed by atoms with Crippen LogP contribution in [0.25, 0.3) is 0 Å². The molecule has 0 N–H and O–H groups in total. The van der Waals surface area contributed by atoms with Gasteiger partial charge in [0, 0.05) is 5.41 Å². The van der Waals surface area contributed by atoms with Gasteiger partial charge in [-0.1, -0.05) is 11.6 Å². The van der Waals surface area contributed by atoms with Crippen molar-refractivity contribution in [2.24, 2.45) is 5.41 Å². The van der Waals surface area contributed by atoms with E-state index in [4.69, 9.17) is 0 Å². The van der Waals surface area contributed by atoms with E-state index in [9.17, 15) is 4.79 Å². The second-order valence-electron chi connectivity index (χ2n) is 3.91. The van der Waals surface area contributed by atoms with E-state index in [0.717, 1.165) is 19.3 Å². The lowest BCUT2D eigenvalue weighted by Crippen LogP contribution is -2.02. The summed E-state index contributed by atoms with van der Waals surface area (Å²) in [4.78, 5) is 10.6. The summed E-state index contributed by atoms with van der Waals surface area (Å²) in [5.41, 5.74) is 1.64. The Kier molecular flexibility index (Phi) is 1.59. The van der Waals surface area contributed by atoms with Crippen LogP contribution in [0.3, 0.4) is 0 Å². The number of carbonyl (C=O) groups is 1. The van der Waals surface area contributed by atoms with Crippen LogP contribution in [-0.4, -0.2) is 6.29 Å². The van der Waals surface area contributed by atoms with Gasteiger partial charge in [-0.3, -0.25) is 0 Å². The monoisotopic (exact) mass is 150 g/mol. The molecule has 0 bridgehead atoms. The van der Waals surface area contributed by atoms with Crippen molar-refractivity contribution in [2.75, 3.05) is 0 Å². The van der Waals surface area contributed by atoms with Gasteiger partial charge in [0.05, 0.1) is 0 Å². The average Bonchev–Trinajstić information content (AvgIpc) is 2.59. The number of hydrogen-bond acceptors (Lipinski definition) is 1. The van der Waals surface area contributed by atoms with Crippen LogP contribution in [-0.2, 0) is 4.79 Å². The molecule has 0 unspecified atom stereocenters. The summed E-state index contributed by atoms with van der Waals surface area (Å²) in [7, 11) is 0. The summed E-state index contributed by atoms with van der Waals surface area (Å²) in [5, 5.41) is 0. The van der Waals surface area contributed by atoms with E-state index in [2.05, 4.69) is 6.08 Å². The summed E-state index contributed by atoms with van der Waals surface area (Å²) in [5.74, 6) is 0. The summed E-state index contributed by atoms with van der Waals surface area (Å²) in [6, 6.07) is 0. The highest BCUT2D eigenvalue weighted by Gasteiger charge is 2.42. The standard InChI is InChI=1S/C10H14O/c11-8-10(5-6-10)7-9-3-1-2-4-9/h3,8H,1-2,4-7H2. The van der Waals surface area contributed by atoms with Crippen molar-refractivity contribution in [3.05, 3.63) is 11.6 Å². The molecule has 0 amide bonds. The third-order valence-electron chi connectivity index (χ3n) is 2.86. The largest absolute Gasteiger partial charge is 0.303 e. The zero-order chi connectivity index (χ0) is 7.73. The van der Waals surface area contributed by atoms with Crippen LogP contribution in [0.1, 0.15) is 38.5 Å². The smallest absolute Gasteiger partial charge is 0.126 e. The molecule has 0 saturated heterocycles. The van der Waals surface area contributed by atoms with Gasteiger partial charge in [0.25, 0.3) is 0 Å². The maximum Gasteiger partial charge on any atom is 0.126 e. The Hall–Kier alpha value is -0.590. The third kappa shape index (κ3) is 1.37. The van der Waals surface area contributed by atoms with E-state index in [-0.39, 0.29) is 5.41 Å². The van der Waals surface area contributed by atoms with Crippen LogP contribution in [0.15, 0.2) is 11.6 Å². The SMILES string of the molecule is O=CC1(CC2=CCCC2)CC1. The van der Waals surface area contributed by atoms with Crippen LogP contribution in [0.4, 0.5) is 0 Å². The van der Waals surface area contributed by atoms with Crippen molar-refractivity contribution in [2.45, 2.75) is 38.5 Å². The van der Waals surface area contributed by atoms with E-state index in [0.29, 0.717) is 0 Å². The topological polar surface area (TPSA) is 17.1 Å². The fraction of sp³-hybridized carbons (Fsp3) is 0.700. The predicted molar refractivity (Wildman–Crippen MR) is 44.3 cm³/mol. The van der Waals surface area contributed by atoms with Crippen LogP contribution in [0, 0.1) is 5.41 Å². The number of rotatable bonds is 3. The quantitative estimate of drug-likeness (QED) is 0.446. The molecule has 2 rings (SSSR count). The van der Waals surface area contributed by atoms with Crippen LogP contribution in [0.5, 0.6) is 0 Å². The molecule has 0 spiro atoms. The van der Waals surface area contributed by atoms with Gasteiger partial charge in [-0.25, -0.2) is 0 Å². The molecule has 0 aliphatic heterocycles. The second-order valence-corrected chi connectivity index (χ2v) is 3.91. The first kappa shape index (κ1) is 7.08. The third-order valence-corrected chi connectivity index (χ3v) is 2.86. The lowest BCUT2D eigenvalue weighted by Gasteiger charge is -2.06. The van der Waals surface area contributed by atoms with Crippen molar-refractivity contribution in [1.82, 2.24) is 0 Å². The van der Waals surface area contributed by atoms with Crippen molar-refractivity contribution in [1.29, 1.82) is 0 Å². The molecule has 0 heterocycles. The fourth-order valence-corrected chi connectivity index (χ4v) is 1.85. The molecule has 0 aromatic carbocycles. The zero-order valence-corrected chi connectivity index (χ0v) is 6.81. The highest BCUT2D eigenvalue weighted by Crippen LogP contribution is 2.49. The van der Waals surface area contributed by atoms with Crippen molar-refractivity contribution in [3.63, 3.8) is 0 Å². The molecular formula is C10H14O. The Labute approximate surface area is 67.5 Å². The Morgan fingerprint density at radius 3 is 2.82 bits per heavy atom. The van der Waals surface area contributed by atoms with E-state index in [1.54, 1.807) is 0 Å². The van der Waals surface area contributed by atoms with Crippen LogP contribution < -0.4 is 0 Å². The normalized spacial score (nSPS) is 26.4.